The number of aromatic nitrogens is 1. The molecule has 0 unspecified atom stereocenters. The Morgan fingerprint density at radius 3 is 2.75 bits per heavy atom. The summed E-state index contributed by atoms with van der Waals surface area (Å²) in [5.74, 6) is 0. The summed E-state index contributed by atoms with van der Waals surface area (Å²) in [6, 6.07) is 10.8. The highest BCUT2D eigenvalue weighted by molar-refractivity contribution is 6.30. The molecular weight excluding hydrogens is 274 g/mol. The van der Waals surface area contributed by atoms with Crippen LogP contribution in [0.4, 0.5) is 10.5 Å². The van der Waals surface area contributed by atoms with Crippen molar-refractivity contribution >= 4 is 23.3 Å². The number of hydrogen-bond donors (Lipinski definition) is 1. The smallest absolute Gasteiger partial charge is 0.321 e. The number of anilines is 1. The van der Waals surface area contributed by atoms with Crippen LogP contribution in [0.5, 0.6) is 0 Å². The number of benzene rings is 1. The standard InChI is InChI=1S/C15H16ClN3O/c1-19(10-7-12-5-8-17-9-6-12)15(20)18-14-4-2-3-13(16)11-14/h2-6,8-9,11H,7,10H2,1H3,(H,18,20). The van der Waals surface area contributed by atoms with Crippen LogP contribution >= 0.6 is 11.6 Å². The van der Waals surface area contributed by atoms with Crippen molar-refractivity contribution in [1.29, 1.82) is 0 Å². The summed E-state index contributed by atoms with van der Waals surface area (Å²) in [5.41, 5.74) is 1.85. The normalized spacial score (nSPS) is 10.1. The van der Waals surface area contributed by atoms with E-state index in [2.05, 4.69) is 10.3 Å². The number of halogens is 1. The Balaban J connectivity index is 1.86. The molecule has 2 amide bonds. The summed E-state index contributed by atoms with van der Waals surface area (Å²) in [5, 5.41) is 3.41. The third-order valence-electron chi connectivity index (χ3n) is 2.91. The zero-order valence-corrected chi connectivity index (χ0v) is 12.0. The fourth-order valence-electron chi connectivity index (χ4n) is 1.73. The number of likely N-dealkylation sites (N-methyl/N-ethyl adjacent to an activating group) is 1. The second-order valence-electron chi connectivity index (χ2n) is 4.47. The Labute approximate surface area is 123 Å². The van der Waals surface area contributed by atoms with Crippen LogP contribution in [0.1, 0.15) is 5.56 Å². The highest BCUT2D eigenvalue weighted by atomic mass is 35.5. The molecule has 20 heavy (non-hydrogen) atoms. The van der Waals surface area contributed by atoms with E-state index in [1.54, 1.807) is 48.6 Å². The second kappa shape index (κ2) is 6.91. The predicted molar refractivity (Wildman–Crippen MR) is 81.0 cm³/mol. The summed E-state index contributed by atoms with van der Waals surface area (Å²) in [7, 11) is 1.76. The summed E-state index contributed by atoms with van der Waals surface area (Å²) in [6.07, 6.45) is 4.30. The van der Waals surface area contributed by atoms with E-state index >= 15 is 0 Å². The van der Waals surface area contributed by atoms with Crippen molar-refractivity contribution in [3.63, 3.8) is 0 Å². The molecule has 1 N–H and O–H groups in total. The minimum absolute atomic E-state index is 0.152. The molecule has 0 aliphatic heterocycles. The van der Waals surface area contributed by atoms with Crippen LogP contribution in [-0.2, 0) is 6.42 Å². The van der Waals surface area contributed by atoms with Crippen molar-refractivity contribution in [3.05, 3.63) is 59.4 Å². The molecule has 104 valence electrons. The van der Waals surface area contributed by atoms with Crippen LogP contribution in [0, 0.1) is 0 Å². The molecule has 5 heteroatoms. The molecule has 0 fully saturated rings. The molecule has 0 spiro atoms. The summed E-state index contributed by atoms with van der Waals surface area (Å²) in [6.45, 7) is 0.635. The van der Waals surface area contributed by atoms with Gasteiger partial charge in [0.05, 0.1) is 0 Å². The van der Waals surface area contributed by atoms with E-state index in [-0.39, 0.29) is 6.03 Å². The Morgan fingerprint density at radius 2 is 2.05 bits per heavy atom. The molecule has 0 aliphatic carbocycles. The van der Waals surface area contributed by atoms with Crippen LogP contribution in [0.3, 0.4) is 0 Å². The predicted octanol–water partition coefficient (Wildman–Crippen LogP) is 3.44. The molecule has 0 aliphatic rings. The third-order valence-corrected chi connectivity index (χ3v) is 3.14. The molecule has 1 aromatic carbocycles. The van der Waals surface area contributed by atoms with Gasteiger partial charge in [0.2, 0.25) is 0 Å². The first kappa shape index (κ1) is 14.3. The highest BCUT2D eigenvalue weighted by Crippen LogP contribution is 2.15. The van der Waals surface area contributed by atoms with E-state index in [1.807, 2.05) is 12.1 Å². The van der Waals surface area contributed by atoms with Gasteiger partial charge in [0.15, 0.2) is 0 Å². The Kier molecular flexibility index (Phi) is 4.96. The second-order valence-corrected chi connectivity index (χ2v) is 4.90. The van der Waals surface area contributed by atoms with Crippen molar-refractivity contribution in [3.8, 4) is 0 Å². The number of hydrogen-bond acceptors (Lipinski definition) is 2. The molecule has 0 saturated carbocycles. The fraction of sp³-hybridized carbons (Fsp3) is 0.200. The molecule has 1 aromatic heterocycles. The zero-order chi connectivity index (χ0) is 14.4. The van der Waals surface area contributed by atoms with Crippen LogP contribution in [0.15, 0.2) is 48.8 Å². The molecule has 0 atom stereocenters. The van der Waals surface area contributed by atoms with Crippen molar-refractivity contribution < 1.29 is 4.79 Å². The number of nitrogens with zero attached hydrogens (tertiary/aromatic N) is 2. The Morgan fingerprint density at radius 1 is 1.30 bits per heavy atom. The van der Waals surface area contributed by atoms with E-state index in [9.17, 15) is 4.79 Å². The van der Waals surface area contributed by atoms with E-state index in [4.69, 9.17) is 11.6 Å². The number of pyridine rings is 1. The number of urea groups is 1. The van der Waals surface area contributed by atoms with Gasteiger partial charge < -0.3 is 10.2 Å². The lowest BCUT2D eigenvalue weighted by atomic mass is 10.2. The van der Waals surface area contributed by atoms with Crippen molar-refractivity contribution in [2.24, 2.45) is 0 Å². The Bertz CT molecular complexity index is 574. The van der Waals surface area contributed by atoms with Gasteiger partial charge in [0, 0.05) is 36.7 Å². The molecule has 0 bridgehead atoms. The minimum Gasteiger partial charge on any atom is -0.327 e. The lowest BCUT2D eigenvalue weighted by molar-refractivity contribution is 0.223. The lowest BCUT2D eigenvalue weighted by Crippen LogP contribution is -2.32. The topological polar surface area (TPSA) is 45.2 Å². The maximum Gasteiger partial charge on any atom is 0.321 e. The van der Waals surface area contributed by atoms with Gasteiger partial charge in [-0.25, -0.2) is 4.79 Å². The van der Waals surface area contributed by atoms with Gasteiger partial charge >= 0.3 is 6.03 Å². The van der Waals surface area contributed by atoms with Crippen molar-refractivity contribution in [2.75, 3.05) is 18.9 Å². The first-order valence-electron chi connectivity index (χ1n) is 6.32. The van der Waals surface area contributed by atoms with Gasteiger partial charge in [-0.05, 0) is 42.3 Å². The van der Waals surface area contributed by atoms with Gasteiger partial charge in [0.1, 0.15) is 0 Å². The van der Waals surface area contributed by atoms with Crippen LogP contribution in [0.25, 0.3) is 0 Å². The first-order chi connectivity index (χ1) is 9.65. The largest absolute Gasteiger partial charge is 0.327 e. The monoisotopic (exact) mass is 289 g/mol. The number of amides is 2. The Hall–Kier alpha value is -2.07. The molecule has 1 heterocycles. The van der Waals surface area contributed by atoms with Crippen LogP contribution in [0.2, 0.25) is 5.02 Å². The van der Waals surface area contributed by atoms with Gasteiger partial charge in [-0.3, -0.25) is 4.98 Å². The number of carbonyl (C=O) groups excluding carboxylic acids is 1. The maximum atomic E-state index is 12.0. The fourth-order valence-corrected chi connectivity index (χ4v) is 1.92. The van der Waals surface area contributed by atoms with E-state index in [1.165, 1.54) is 0 Å². The van der Waals surface area contributed by atoms with Gasteiger partial charge in [-0.15, -0.1) is 0 Å². The number of carbonyl (C=O) groups is 1. The zero-order valence-electron chi connectivity index (χ0n) is 11.2. The van der Waals surface area contributed by atoms with Gasteiger partial charge in [0.25, 0.3) is 0 Å². The average Bonchev–Trinajstić information content (AvgIpc) is 2.46. The maximum absolute atomic E-state index is 12.0. The van der Waals surface area contributed by atoms with E-state index in [0.29, 0.717) is 17.3 Å². The number of nitrogens with one attached hydrogen (secondary N) is 1. The lowest BCUT2D eigenvalue weighted by Gasteiger charge is -2.18. The van der Waals surface area contributed by atoms with E-state index in [0.717, 1.165) is 12.0 Å². The molecule has 0 radical (unpaired) electrons. The SMILES string of the molecule is CN(CCc1ccncc1)C(=O)Nc1cccc(Cl)c1. The summed E-state index contributed by atoms with van der Waals surface area (Å²) in [4.78, 5) is 17.6. The summed E-state index contributed by atoms with van der Waals surface area (Å²) >= 11 is 5.88. The molecule has 2 rings (SSSR count). The highest BCUT2D eigenvalue weighted by Gasteiger charge is 2.08. The molecule has 4 nitrogen and oxygen atoms in total. The molecule has 2 aromatic rings. The number of rotatable bonds is 4. The third kappa shape index (κ3) is 4.24. The van der Waals surface area contributed by atoms with E-state index < -0.39 is 0 Å². The van der Waals surface area contributed by atoms with Crippen molar-refractivity contribution in [2.45, 2.75) is 6.42 Å². The van der Waals surface area contributed by atoms with Gasteiger partial charge in [-0.1, -0.05) is 17.7 Å². The minimum atomic E-state index is -0.152. The molecular formula is C15H16ClN3O. The first-order valence-corrected chi connectivity index (χ1v) is 6.69. The quantitative estimate of drug-likeness (QED) is 0.937. The summed E-state index contributed by atoms with van der Waals surface area (Å²) < 4.78 is 0. The van der Waals surface area contributed by atoms with Crippen LogP contribution < -0.4 is 5.32 Å². The molecule has 0 saturated heterocycles. The van der Waals surface area contributed by atoms with Crippen LogP contribution in [-0.4, -0.2) is 29.5 Å². The van der Waals surface area contributed by atoms with Crippen molar-refractivity contribution in [1.82, 2.24) is 9.88 Å². The van der Waals surface area contributed by atoms with Gasteiger partial charge in [-0.2, -0.15) is 0 Å². The average molecular weight is 290 g/mol.